The first-order valence-corrected chi connectivity index (χ1v) is 6.52. The van der Waals surface area contributed by atoms with Crippen molar-refractivity contribution in [3.63, 3.8) is 0 Å². The fourth-order valence-electron chi connectivity index (χ4n) is 1.14. The lowest BCUT2D eigenvalue weighted by Crippen LogP contribution is -2.19. The molecule has 0 bridgehead atoms. The molecule has 0 aliphatic carbocycles. The summed E-state index contributed by atoms with van der Waals surface area (Å²) in [5.41, 5.74) is -3.78. The molecular formula is C10H10BrF4NS. The number of rotatable bonds is 5. The minimum atomic E-state index is -4.21. The summed E-state index contributed by atoms with van der Waals surface area (Å²) in [6, 6.07) is 4.48. The molecule has 0 aliphatic rings. The van der Waals surface area contributed by atoms with E-state index in [1.165, 1.54) is 6.07 Å². The lowest BCUT2D eigenvalue weighted by atomic mass is 10.2. The Balaban J connectivity index is 2.29. The summed E-state index contributed by atoms with van der Waals surface area (Å²) >= 11 is 3.11. The number of thioether (sulfide) groups is 1. The number of hydrogen-bond donors (Lipinski definition) is 1. The summed E-state index contributed by atoms with van der Waals surface area (Å²) in [7, 11) is 0. The van der Waals surface area contributed by atoms with Crippen LogP contribution < -0.4 is 5.32 Å². The molecule has 0 fully saturated rings. The minimum absolute atomic E-state index is 0.0842. The van der Waals surface area contributed by atoms with Crippen LogP contribution >= 0.6 is 27.7 Å². The normalized spacial score (nSPS) is 11.8. The molecule has 0 spiro atoms. The first-order valence-electron chi connectivity index (χ1n) is 4.74. The summed E-state index contributed by atoms with van der Waals surface area (Å²) in [6.07, 6.45) is 0. The zero-order chi connectivity index (χ0) is 12.9. The van der Waals surface area contributed by atoms with Crippen molar-refractivity contribution in [2.45, 2.75) is 12.1 Å². The van der Waals surface area contributed by atoms with E-state index in [1.807, 2.05) is 0 Å². The second kappa shape index (κ2) is 6.61. The van der Waals surface area contributed by atoms with Gasteiger partial charge < -0.3 is 5.32 Å². The van der Waals surface area contributed by atoms with E-state index in [9.17, 15) is 17.6 Å². The molecular weight excluding hydrogens is 322 g/mol. The Hall–Kier alpha value is -0.270. The summed E-state index contributed by atoms with van der Waals surface area (Å²) in [6.45, 7) is 0.389. The highest BCUT2D eigenvalue weighted by molar-refractivity contribution is 9.10. The molecule has 0 atom stereocenters. The molecule has 0 radical (unpaired) electrons. The quantitative estimate of drug-likeness (QED) is 0.648. The van der Waals surface area contributed by atoms with Crippen molar-refractivity contribution >= 4 is 27.7 Å². The van der Waals surface area contributed by atoms with Gasteiger partial charge in [0.25, 0.3) is 0 Å². The molecule has 1 nitrogen and oxygen atoms in total. The molecule has 0 amide bonds. The maximum Gasteiger partial charge on any atom is 0.441 e. The second-order valence-corrected chi connectivity index (χ2v) is 5.28. The van der Waals surface area contributed by atoms with Crippen LogP contribution in [-0.2, 0) is 6.54 Å². The number of benzene rings is 1. The number of hydrogen-bond acceptors (Lipinski definition) is 2. The van der Waals surface area contributed by atoms with E-state index in [1.54, 1.807) is 12.1 Å². The van der Waals surface area contributed by atoms with Gasteiger partial charge >= 0.3 is 5.51 Å². The minimum Gasteiger partial charge on any atom is -0.312 e. The molecule has 0 heterocycles. The van der Waals surface area contributed by atoms with Gasteiger partial charge in [0, 0.05) is 28.9 Å². The first-order chi connectivity index (χ1) is 7.88. The SMILES string of the molecule is Fc1ccc(Br)cc1CNCCSC(F)(F)F. The maximum absolute atomic E-state index is 13.2. The molecule has 0 aromatic heterocycles. The summed E-state index contributed by atoms with van der Waals surface area (Å²) in [5.74, 6) is -0.455. The predicted octanol–water partition coefficient (Wildman–Crippen LogP) is 3.93. The van der Waals surface area contributed by atoms with Gasteiger partial charge in [-0.25, -0.2) is 4.39 Å². The van der Waals surface area contributed by atoms with E-state index in [4.69, 9.17) is 0 Å². The average Bonchev–Trinajstić information content (AvgIpc) is 2.21. The van der Waals surface area contributed by atoms with E-state index >= 15 is 0 Å². The summed E-state index contributed by atoms with van der Waals surface area (Å²) in [4.78, 5) is 0. The molecule has 7 heteroatoms. The number of alkyl halides is 3. The zero-order valence-electron chi connectivity index (χ0n) is 8.65. The van der Waals surface area contributed by atoms with Gasteiger partial charge in [-0.3, -0.25) is 0 Å². The van der Waals surface area contributed by atoms with Gasteiger partial charge in [-0.2, -0.15) is 13.2 Å². The van der Waals surface area contributed by atoms with Gasteiger partial charge in [0.15, 0.2) is 0 Å². The fraction of sp³-hybridized carbons (Fsp3) is 0.400. The van der Waals surface area contributed by atoms with Crippen LogP contribution in [0.1, 0.15) is 5.56 Å². The highest BCUT2D eigenvalue weighted by Gasteiger charge is 2.27. The van der Waals surface area contributed by atoms with Gasteiger partial charge in [-0.15, -0.1) is 0 Å². The molecule has 0 aliphatic heterocycles. The maximum atomic E-state index is 13.2. The van der Waals surface area contributed by atoms with Crippen molar-refractivity contribution in [1.29, 1.82) is 0 Å². The lowest BCUT2D eigenvalue weighted by molar-refractivity contribution is -0.0327. The molecule has 1 aromatic carbocycles. The van der Waals surface area contributed by atoms with Crippen LogP contribution in [0.3, 0.4) is 0 Å². The predicted molar refractivity (Wildman–Crippen MR) is 64.3 cm³/mol. The first kappa shape index (κ1) is 14.8. The Morgan fingerprint density at radius 1 is 1.29 bits per heavy atom. The van der Waals surface area contributed by atoms with E-state index in [-0.39, 0.29) is 36.4 Å². The molecule has 0 saturated carbocycles. The third-order valence-electron chi connectivity index (χ3n) is 1.87. The molecule has 0 unspecified atom stereocenters. The van der Waals surface area contributed by atoms with E-state index in [0.29, 0.717) is 5.56 Å². The van der Waals surface area contributed by atoms with Gasteiger partial charge in [0.2, 0.25) is 0 Å². The smallest absolute Gasteiger partial charge is 0.312 e. The third-order valence-corrected chi connectivity index (χ3v) is 3.10. The van der Waals surface area contributed by atoms with Crippen molar-refractivity contribution < 1.29 is 17.6 Å². The van der Waals surface area contributed by atoms with Gasteiger partial charge in [0.05, 0.1) is 0 Å². The average molecular weight is 332 g/mol. The Morgan fingerprint density at radius 3 is 2.65 bits per heavy atom. The molecule has 1 aromatic rings. The van der Waals surface area contributed by atoms with Crippen molar-refractivity contribution in [1.82, 2.24) is 5.32 Å². The second-order valence-electron chi connectivity index (χ2n) is 3.21. The number of nitrogens with one attached hydrogen (secondary N) is 1. The molecule has 17 heavy (non-hydrogen) atoms. The van der Waals surface area contributed by atoms with Gasteiger partial charge in [-0.1, -0.05) is 15.9 Å². The van der Waals surface area contributed by atoms with Crippen molar-refractivity contribution in [3.05, 3.63) is 34.1 Å². The fourth-order valence-corrected chi connectivity index (χ4v) is 2.03. The summed E-state index contributed by atoms with van der Waals surface area (Å²) < 4.78 is 49.3. The lowest BCUT2D eigenvalue weighted by Gasteiger charge is -2.08. The van der Waals surface area contributed by atoms with E-state index in [0.717, 1.165) is 4.47 Å². The topological polar surface area (TPSA) is 12.0 Å². The van der Waals surface area contributed by atoms with Crippen LogP contribution in [0, 0.1) is 5.82 Å². The van der Waals surface area contributed by atoms with Crippen molar-refractivity contribution in [3.8, 4) is 0 Å². The van der Waals surface area contributed by atoms with Gasteiger partial charge in [0.1, 0.15) is 5.82 Å². The van der Waals surface area contributed by atoms with Crippen LogP contribution in [0.5, 0.6) is 0 Å². The number of halogens is 5. The Bertz CT molecular complexity index is 370. The Kier molecular flexibility index (Phi) is 5.75. The highest BCUT2D eigenvalue weighted by Crippen LogP contribution is 2.29. The van der Waals surface area contributed by atoms with Crippen LogP contribution in [0.2, 0.25) is 0 Å². The standard InChI is InChI=1S/C10H10BrF4NS/c11-8-1-2-9(12)7(5-8)6-16-3-4-17-10(13,14)15/h1-2,5,16H,3-4,6H2. The molecule has 0 saturated heterocycles. The monoisotopic (exact) mass is 331 g/mol. The Morgan fingerprint density at radius 2 is 2.00 bits per heavy atom. The molecule has 1 N–H and O–H groups in total. The van der Waals surface area contributed by atoms with Crippen molar-refractivity contribution in [2.24, 2.45) is 0 Å². The molecule has 1 rings (SSSR count). The zero-order valence-corrected chi connectivity index (χ0v) is 11.1. The third kappa shape index (κ3) is 6.28. The van der Waals surface area contributed by atoms with E-state index in [2.05, 4.69) is 21.2 Å². The van der Waals surface area contributed by atoms with Crippen LogP contribution in [-0.4, -0.2) is 17.8 Å². The van der Waals surface area contributed by atoms with Crippen LogP contribution in [0.4, 0.5) is 17.6 Å². The summed E-state index contributed by atoms with van der Waals surface area (Å²) in [5, 5.41) is 2.76. The van der Waals surface area contributed by atoms with Crippen LogP contribution in [0.25, 0.3) is 0 Å². The molecule has 96 valence electrons. The highest BCUT2D eigenvalue weighted by atomic mass is 79.9. The van der Waals surface area contributed by atoms with Crippen LogP contribution in [0.15, 0.2) is 22.7 Å². The van der Waals surface area contributed by atoms with E-state index < -0.39 is 5.51 Å². The largest absolute Gasteiger partial charge is 0.441 e. The van der Waals surface area contributed by atoms with Gasteiger partial charge in [-0.05, 0) is 30.0 Å². The van der Waals surface area contributed by atoms with Crippen molar-refractivity contribution in [2.75, 3.05) is 12.3 Å². The Labute approximate surface area is 109 Å².